The van der Waals surface area contributed by atoms with Crippen LogP contribution in [0.3, 0.4) is 0 Å². The number of carbonyl (C=O) groups excluding carboxylic acids is 1. The monoisotopic (exact) mass is 596 g/mol. The van der Waals surface area contributed by atoms with E-state index in [4.69, 9.17) is 9.15 Å². The van der Waals surface area contributed by atoms with Crippen molar-refractivity contribution in [2.45, 2.75) is 6.73 Å². The summed E-state index contributed by atoms with van der Waals surface area (Å²) in [6, 6.07) is 20.9. The van der Waals surface area contributed by atoms with E-state index in [0.29, 0.717) is 40.4 Å². The first-order chi connectivity index (χ1) is 20.6. The number of pyridine rings is 1. The number of nitrogens with one attached hydrogen (secondary N) is 1. The summed E-state index contributed by atoms with van der Waals surface area (Å²) in [5, 5.41) is 4.16. The summed E-state index contributed by atoms with van der Waals surface area (Å²) in [5.41, 5.74) is 5.03. The van der Waals surface area contributed by atoms with Crippen LogP contribution in [-0.2, 0) is 16.8 Å². The third-order valence-corrected chi connectivity index (χ3v) is 8.97. The largest absolute Gasteiger partial charge is 0.470 e. The Morgan fingerprint density at radius 2 is 1.81 bits per heavy atom. The van der Waals surface area contributed by atoms with Crippen LogP contribution in [0, 0.1) is 5.82 Å². The molecule has 3 aromatic heterocycles. The van der Waals surface area contributed by atoms with E-state index in [0.717, 1.165) is 32.7 Å². The van der Waals surface area contributed by atoms with Gasteiger partial charge in [-0.1, -0.05) is 18.2 Å². The molecule has 216 valence electrons. The molecule has 4 heterocycles. The predicted molar refractivity (Wildman–Crippen MR) is 163 cm³/mol. The van der Waals surface area contributed by atoms with E-state index in [9.17, 15) is 17.6 Å². The predicted octanol–water partition coefficient (Wildman–Crippen LogP) is 6.03. The minimum Gasteiger partial charge on any atom is -0.470 e. The lowest BCUT2D eigenvalue weighted by Gasteiger charge is -2.23. The molecule has 0 spiro atoms. The molecule has 0 saturated carbocycles. The number of para-hydroxylation sites is 1. The second-order valence-electron chi connectivity index (χ2n) is 10.3. The molecule has 43 heavy (non-hydrogen) atoms. The van der Waals surface area contributed by atoms with Gasteiger partial charge in [0.05, 0.1) is 40.6 Å². The van der Waals surface area contributed by atoms with Crippen LogP contribution in [0.2, 0.25) is 0 Å². The van der Waals surface area contributed by atoms with Gasteiger partial charge in [0.1, 0.15) is 22.9 Å². The zero-order valence-corrected chi connectivity index (χ0v) is 24.2. The molecule has 7 rings (SSSR count). The lowest BCUT2D eigenvalue weighted by Crippen LogP contribution is -2.25. The molecule has 0 aliphatic carbocycles. The molecule has 1 aliphatic rings. The van der Waals surface area contributed by atoms with Crippen molar-refractivity contribution in [3.05, 3.63) is 90.4 Å². The van der Waals surface area contributed by atoms with Crippen molar-refractivity contribution in [2.75, 3.05) is 24.7 Å². The Balaban J connectivity index is 1.49. The van der Waals surface area contributed by atoms with Gasteiger partial charge in [0.25, 0.3) is 5.91 Å². The quantitative estimate of drug-likeness (QED) is 0.261. The summed E-state index contributed by atoms with van der Waals surface area (Å²) >= 11 is 0. The highest BCUT2D eigenvalue weighted by atomic mass is 32.2. The highest BCUT2D eigenvalue weighted by molar-refractivity contribution is 7.92. The van der Waals surface area contributed by atoms with E-state index < -0.39 is 21.7 Å². The summed E-state index contributed by atoms with van der Waals surface area (Å²) < 4.78 is 54.7. The Kier molecular flexibility index (Phi) is 6.03. The number of carbonyl (C=O) groups is 1. The third-order valence-electron chi connectivity index (χ3n) is 7.78. The van der Waals surface area contributed by atoms with E-state index in [1.54, 1.807) is 18.3 Å². The number of amides is 1. The normalized spacial score (nSPS) is 12.6. The number of hydrogen-bond acceptors (Lipinski definition) is 6. The second kappa shape index (κ2) is 9.70. The van der Waals surface area contributed by atoms with E-state index in [-0.39, 0.29) is 16.9 Å². The van der Waals surface area contributed by atoms with Crippen molar-refractivity contribution in [2.24, 2.45) is 0 Å². The van der Waals surface area contributed by atoms with Crippen molar-refractivity contribution in [1.82, 2.24) is 14.9 Å². The lowest BCUT2D eigenvalue weighted by atomic mass is 9.99. The Bertz CT molecular complexity index is 2200. The molecule has 0 bridgehead atoms. The van der Waals surface area contributed by atoms with Crippen molar-refractivity contribution >= 4 is 43.5 Å². The summed E-state index contributed by atoms with van der Waals surface area (Å²) in [5.74, 6) is -0.00588. The summed E-state index contributed by atoms with van der Waals surface area (Å²) in [6.45, 7) is 0.335. The fourth-order valence-electron chi connectivity index (χ4n) is 5.54. The van der Waals surface area contributed by atoms with Crippen LogP contribution in [0.25, 0.3) is 55.7 Å². The maximum Gasteiger partial charge on any atom is 0.255 e. The Morgan fingerprint density at radius 3 is 2.56 bits per heavy atom. The third kappa shape index (κ3) is 4.31. The molecule has 1 aliphatic heterocycles. The number of furan rings is 1. The van der Waals surface area contributed by atoms with Crippen molar-refractivity contribution in [1.29, 1.82) is 0 Å². The van der Waals surface area contributed by atoms with Gasteiger partial charge < -0.3 is 19.0 Å². The number of nitrogens with zero attached hydrogens (tertiary/aromatic N) is 3. The summed E-state index contributed by atoms with van der Waals surface area (Å²) in [4.78, 5) is 17.9. The van der Waals surface area contributed by atoms with E-state index in [1.165, 1.54) is 38.4 Å². The molecule has 9 nitrogen and oxygen atoms in total. The van der Waals surface area contributed by atoms with Gasteiger partial charge in [-0.3, -0.25) is 14.1 Å². The van der Waals surface area contributed by atoms with Gasteiger partial charge in [-0.2, -0.15) is 0 Å². The number of sulfonamides is 1. The number of hydrogen-bond donors (Lipinski definition) is 1. The topological polar surface area (TPSA) is 107 Å². The zero-order chi connectivity index (χ0) is 30.0. The maximum atomic E-state index is 13.7. The molecule has 0 saturated heterocycles. The Labute approximate surface area is 246 Å². The van der Waals surface area contributed by atoms with Crippen LogP contribution in [0.15, 0.2) is 83.4 Å². The molecule has 0 radical (unpaired) electrons. The van der Waals surface area contributed by atoms with Crippen LogP contribution >= 0.6 is 0 Å². The highest BCUT2D eigenvalue weighted by Gasteiger charge is 2.28. The van der Waals surface area contributed by atoms with E-state index >= 15 is 0 Å². The van der Waals surface area contributed by atoms with Crippen LogP contribution in [-0.4, -0.2) is 44.2 Å². The molecule has 3 aromatic carbocycles. The average molecular weight is 597 g/mol. The zero-order valence-electron chi connectivity index (χ0n) is 23.4. The highest BCUT2D eigenvalue weighted by Crippen LogP contribution is 2.44. The first kappa shape index (κ1) is 26.7. The number of anilines is 1. The van der Waals surface area contributed by atoms with E-state index in [2.05, 4.69) is 20.9 Å². The Morgan fingerprint density at radius 1 is 1.05 bits per heavy atom. The Hall–Kier alpha value is -5.16. The summed E-state index contributed by atoms with van der Waals surface area (Å²) in [6.07, 6.45) is 2.73. The minimum absolute atomic E-state index is 0.232. The standard InChI is InChI=1S/C32H25FN4O5S/c1-34-32(38)30-23-13-21(24-14-22-27-12-19-6-4-5-7-25(19)37(27)17-41-29(22)16-35-24)26(36(2)43(3,39)40)15-28(23)42-31(30)18-8-10-20(33)11-9-18/h4-16H,17H2,1-3H3,(H,34,38). The minimum atomic E-state index is -3.71. The number of ether oxygens (including phenoxy) is 1. The average Bonchev–Trinajstić information content (AvgIpc) is 3.58. The van der Waals surface area contributed by atoms with Gasteiger partial charge in [0.2, 0.25) is 10.0 Å². The van der Waals surface area contributed by atoms with Gasteiger partial charge in [0.15, 0.2) is 6.73 Å². The maximum absolute atomic E-state index is 13.7. The van der Waals surface area contributed by atoms with Gasteiger partial charge >= 0.3 is 0 Å². The molecular formula is C32H25FN4O5S. The molecule has 0 atom stereocenters. The number of aromatic nitrogens is 2. The first-order valence-corrected chi connectivity index (χ1v) is 15.2. The molecule has 1 amide bonds. The van der Waals surface area contributed by atoms with E-state index in [1.807, 2.05) is 30.3 Å². The fourth-order valence-corrected chi connectivity index (χ4v) is 6.05. The molecule has 6 aromatic rings. The molecular weight excluding hydrogens is 571 g/mol. The van der Waals surface area contributed by atoms with Crippen molar-refractivity contribution < 1.29 is 26.8 Å². The molecule has 1 N–H and O–H groups in total. The lowest BCUT2D eigenvalue weighted by molar-refractivity contribution is 0.0964. The van der Waals surface area contributed by atoms with Gasteiger partial charge in [-0.05, 0) is 48.5 Å². The second-order valence-corrected chi connectivity index (χ2v) is 12.4. The SMILES string of the molecule is CNC(=O)c1c(-c2ccc(F)cc2)oc2cc(N(C)S(C)(=O)=O)c(-c3cc4c(cn3)OCn3c-4cc4ccccc43)cc12. The number of fused-ring (bicyclic) bond motifs is 6. The van der Waals surface area contributed by atoms with Crippen molar-refractivity contribution in [3.8, 4) is 39.6 Å². The first-order valence-electron chi connectivity index (χ1n) is 13.4. The van der Waals surface area contributed by atoms with Gasteiger partial charge in [-0.25, -0.2) is 12.8 Å². The fraction of sp³-hybridized carbons (Fsp3) is 0.125. The number of rotatable bonds is 5. The van der Waals surface area contributed by atoms with Crippen LogP contribution in [0.4, 0.5) is 10.1 Å². The van der Waals surface area contributed by atoms with Gasteiger partial charge in [-0.15, -0.1) is 0 Å². The van der Waals surface area contributed by atoms with Crippen LogP contribution in [0.5, 0.6) is 5.75 Å². The number of benzene rings is 3. The van der Waals surface area contributed by atoms with Crippen molar-refractivity contribution in [3.63, 3.8) is 0 Å². The van der Waals surface area contributed by atoms with Gasteiger partial charge in [0, 0.05) is 47.6 Å². The van der Waals surface area contributed by atoms with Crippen LogP contribution < -0.4 is 14.4 Å². The molecule has 0 unspecified atom stereocenters. The molecule has 11 heteroatoms. The van der Waals surface area contributed by atoms with Crippen LogP contribution in [0.1, 0.15) is 10.4 Å². The number of halogens is 1. The smallest absolute Gasteiger partial charge is 0.255 e. The molecule has 0 fully saturated rings. The summed E-state index contributed by atoms with van der Waals surface area (Å²) in [7, 11) is -0.752.